The van der Waals surface area contributed by atoms with Gasteiger partial charge < -0.3 is 5.32 Å². The summed E-state index contributed by atoms with van der Waals surface area (Å²) in [6, 6.07) is 3.75. The molecule has 0 aliphatic heterocycles. The Labute approximate surface area is 111 Å². The molecular formula is C14H19F3N2. The highest BCUT2D eigenvalue weighted by Gasteiger charge is 2.42. The van der Waals surface area contributed by atoms with Gasteiger partial charge in [0.05, 0.1) is 5.92 Å². The molecule has 0 spiro atoms. The summed E-state index contributed by atoms with van der Waals surface area (Å²) in [5.41, 5.74) is 1.01. The number of halogens is 3. The molecular weight excluding hydrogens is 253 g/mol. The third-order valence-electron chi connectivity index (χ3n) is 3.81. The van der Waals surface area contributed by atoms with E-state index < -0.39 is 12.1 Å². The summed E-state index contributed by atoms with van der Waals surface area (Å²) in [5, 5.41) is 3.30. The van der Waals surface area contributed by atoms with Crippen LogP contribution in [0.25, 0.3) is 0 Å². The van der Waals surface area contributed by atoms with Crippen LogP contribution in [0, 0.1) is 5.92 Å². The van der Waals surface area contributed by atoms with Gasteiger partial charge >= 0.3 is 6.18 Å². The minimum absolute atomic E-state index is 0.0330. The van der Waals surface area contributed by atoms with E-state index in [0.29, 0.717) is 6.42 Å². The minimum Gasteiger partial charge on any atom is -0.307 e. The number of hydrogen-bond donors (Lipinski definition) is 1. The van der Waals surface area contributed by atoms with E-state index in [9.17, 15) is 13.2 Å². The van der Waals surface area contributed by atoms with Crippen molar-refractivity contribution in [2.75, 3.05) is 0 Å². The number of rotatable bonds is 3. The second-order valence-electron chi connectivity index (χ2n) is 5.28. The maximum atomic E-state index is 12.7. The van der Waals surface area contributed by atoms with E-state index >= 15 is 0 Å². The number of nitrogens with zero attached hydrogens (tertiary/aromatic N) is 1. The normalized spacial score (nSPS) is 26.1. The molecule has 1 aromatic rings. The van der Waals surface area contributed by atoms with E-state index in [0.717, 1.165) is 12.0 Å². The van der Waals surface area contributed by atoms with Crippen molar-refractivity contribution >= 4 is 0 Å². The van der Waals surface area contributed by atoms with Gasteiger partial charge in [0.2, 0.25) is 0 Å². The molecule has 0 radical (unpaired) electrons. The standard InChI is InChI=1S/C14H19F3N2/c1-10(11-4-3-7-18-9-11)19-13-6-2-5-12(8-13)14(15,16)17/h3-4,7,9-10,12-13,19H,2,5-6,8H2,1H3. The summed E-state index contributed by atoms with van der Waals surface area (Å²) in [6.45, 7) is 1.97. The van der Waals surface area contributed by atoms with E-state index in [-0.39, 0.29) is 24.9 Å². The Kier molecular flexibility index (Phi) is 4.45. The molecule has 0 saturated heterocycles. The van der Waals surface area contributed by atoms with E-state index in [1.54, 1.807) is 12.4 Å². The molecule has 1 saturated carbocycles. The van der Waals surface area contributed by atoms with E-state index in [4.69, 9.17) is 0 Å². The van der Waals surface area contributed by atoms with E-state index in [1.165, 1.54) is 0 Å². The molecule has 5 heteroatoms. The molecule has 1 heterocycles. The summed E-state index contributed by atoms with van der Waals surface area (Å²) in [7, 11) is 0. The average Bonchev–Trinajstić information content (AvgIpc) is 2.39. The predicted molar refractivity (Wildman–Crippen MR) is 67.6 cm³/mol. The second kappa shape index (κ2) is 5.90. The maximum Gasteiger partial charge on any atom is 0.391 e. The van der Waals surface area contributed by atoms with Crippen LogP contribution >= 0.6 is 0 Å². The van der Waals surface area contributed by atoms with Gasteiger partial charge in [-0.15, -0.1) is 0 Å². The predicted octanol–water partition coefficient (Wildman–Crippen LogP) is 3.85. The van der Waals surface area contributed by atoms with Gasteiger partial charge in [0.1, 0.15) is 0 Å². The van der Waals surface area contributed by atoms with E-state index in [2.05, 4.69) is 10.3 Å². The van der Waals surface area contributed by atoms with Crippen LogP contribution in [-0.4, -0.2) is 17.2 Å². The van der Waals surface area contributed by atoms with Gasteiger partial charge in [-0.25, -0.2) is 0 Å². The number of alkyl halides is 3. The fourth-order valence-electron chi connectivity index (χ4n) is 2.72. The molecule has 106 valence electrons. The summed E-state index contributed by atoms with van der Waals surface area (Å²) in [5.74, 6) is -1.15. The van der Waals surface area contributed by atoms with Gasteiger partial charge in [-0.1, -0.05) is 12.5 Å². The number of nitrogens with one attached hydrogen (secondary N) is 1. The van der Waals surface area contributed by atoms with Crippen LogP contribution in [-0.2, 0) is 0 Å². The van der Waals surface area contributed by atoms with Crippen LogP contribution in [0.15, 0.2) is 24.5 Å². The Morgan fingerprint density at radius 3 is 2.79 bits per heavy atom. The molecule has 1 aliphatic rings. The highest BCUT2D eigenvalue weighted by Crippen LogP contribution is 2.38. The van der Waals surface area contributed by atoms with Crippen LogP contribution in [0.3, 0.4) is 0 Å². The lowest BCUT2D eigenvalue weighted by Crippen LogP contribution is -2.39. The number of pyridine rings is 1. The topological polar surface area (TPSA) is 24.9 Å². The quantitative estimate of drug-likeness (QED) is 0.904. The molecule has 1 N–H and O–H groups in total. The number of hydrogen-bond acceptors (Lipinski definition) is 2. The second-order valence-corrected chi connectivity index (χ2v) is 5.28. The molecule has 3 atom stereocenters. The largest absolute Gasteiger partial charge is 0.391 e. The van der Waals surface area contributed by atoms with Crippen LogP contribution in [0.4, 0.5) is 13.2 Å². The molecule has 19 heavy (non-hydrogen) atoms. The van der Waals surface area contributed by atoms with Crippen LogP contribution in [0.2, 0.25) is 0 Å². The fraction of sp³-hybridized carbons (Fsp3) is 0.643. The molecule has 2 nitrogen and oxygen atoms in total. The monoisotopic (exact) mass is 272 g/mol. The molecule has 0 aromatic carbocycles. The zero-order chi connectivity index (χ0) is 13.9. The van der Waals surface area contributed by atoms with Crippen molar-refractivity contribution in [2.24, 2.45) is 5.92 Å². The Morgan fingerprint density at radius 1 is 1.37 bits per heavy atom. The van der Waals surface area contributed by atoms with Crippen molar-refractivity contribution < 1.29 is 13.2 Å². The van der Waals surface area contributed by atoms with Gasteiger partial charge in [0, 0.05) is 24.5 Å². The SMILES string of the molecule is CC(NC1CCCC(C(F)(F)F)C1)c1cccnc1. The molecule has 1 aromatic heterocycles. The molecule has 1 aliphatic carbocycles. The van der Waals surface area contributed by atoms with Gasteiger partial charge in [-0.05, 0) is 37.8 Å². The lowest BCUT2D eigenvalue weighted by molar-refractivity contribution is -0.183. The van der Waals surface area contributed by atoms with Crippen LogP contribution < -0.4 is 5.32 Å². The zero-order valence-corrected chi connectivity index (χ0v) is 11.0. The Balaban J connectivity index is 1.92. The Hall–Kier alpha value is -1.10. The fourth-order valence-corrected chi connectivity index (χ4v) is 2.72. The lowest BCUT2D eigenvalue weighted by atomic mass is 9.85. The lowest BCUT2D eigenvalue weighted by Gasteiger charge is -2.33. The van der Waals surface area contributed by atoms with Gasteiger partial charge in [-0.3, -0.25) is 4.98 Å². The summed E-state index contributed by atoms with van der Waals surface area (Å²) in [4.78, 5) is 4.03. The average molecular weight is 272 g/mol. The molecule has 1 fully saturated rings. The van der Waals surface area contributed by atoms with Gasteiger partial charge in [0.25, 0.3) is 0 Å². The first-order valence-electron chi connectivity index (χ1n) is 6.69. The Morgan fingerprint density at radius 2 is 2.16 bits per heavy atom. The first-order chi connectivity index (χ1) is 8.97. The summed E-state index contributed by atoms with van der Waals surface area (Å²) < 4.78 is 38.2. The smallest absolute Gasteiger partial charge is 0.307 e. The maximum absolute atomic E-state index is 12.7. The van der Waals surface area contributed by atoms with Crippen LogP contribution in [0.1, 0.15) is 44.2 Å². The van der Waals surface area contributed by atoms with Crippen LogP contribution in [0.5, 0.6) is 0 Å². The molecule has 0 bridgehead atoms. The third-order valence-corrected chi connectivity index (χ3v) is 3.81. The van der Waals surface area contributed by atoms with Crippen molar-refractivity contribution in [2.45, 2.75) is 50.9 Å². The van der Waals surface area contributed by atoms with Crippen molar-refractivity contribution in [3.05, 3.63) is 30.1 Å². The molecule has 0 amide bonds. The molecule has 3 unspecified atom stereocenters. The first-order valence-corrected chi connectivity index (χ1v) is 6.69. The Bertz CT molecular complexity index is 391. The van der Waals surface area contributed by atoms with Gasteiger partial charge in [0.15, 0.2) is 0 Å². The highest BCUT2D eigenvalue weighted by atomic mass is 19.4. The first kappa shape index (κ1) is 14.3. The van der Waals surface area contributed by atoms with Crippen molar-refractivity contribution in [1.29, 1.82) is 0 Å². The minimum atomic E-state index is -4.06. The third kappa shape index (κ3) is 3.93. The number of aromatic nitrogens is 1. The van der Waals surface area contributed by atoms with Gasteiger partial charge in [-0.2, -0.15) is 13.2 Å². The van der Waals surface area contributed by atoms with Crippen molar-refractivity contribution in [1.82, 2.24) is 10.3 Å². The molecule has 2 rings (SSSR count). The summed E-state index contributed by atoms with van der Waals surface area (Å²) >= 11 is 0. The van der Waals surface area contributed by atoms with Crippen molar-refractivity contribution in [3.63, 3.8) is 0 Å². The zero-order valence-electron chi connectivity index (χ0n) is 11.0. The van der Waals surface area contributed by atoms with E-state index in [1.807, 2.05) is 19.1 Å². The highest BCUT2D eigenvalue weighted by molar-refractivity contribution is 5.13. The summed E-state index contributed by atoms with van der Waals surface area (Å²) in [6.07, 6.45) is 1.30. The van der Waals surface area contributed by atoms with Crippen molar-refractivity contribution in [3.8, 4) is 0 Å².